The summed E-state index contributed by atoms with van der Waals surface area (Å²) in [4.78, 5) is 21.8. The molecule has 6 heterocycles. The number of aromatic amines is 2. The fraction of sp³-hybridized carbons (Fsp3) is 0.294. The number of piperidine rings is 1. The van der Waals surface area contributed by atoms with E-state index in [1.54, 1.807) is 18.5 Å². The Morgan fingerprint density at radius 2 is 1.70 bits per heavy atom. The van der Waals surface area contributed by atoms with Crippen molar-refractivity contribution in [1.29, 1.82) is 0 Å². The van der Waals surface area contributed by atoms with E-state index in [4.69, 9.17) is 0 Å². The average molecular weight is 590 g/mol. The van der Waals surface area contributed by atoms with Gasteiger partial charge in [0.15, 0.2) is 5.65 Å². The molecule has 0 spiro atoms. The molecular weight excluding hydrogens is 553 g/mol. The Balaban J connectivity index is 1.21. The van der Waals surface area contributed by atoms with Gasteiger partial charge < -0.3 is 15.2 Å². The molecule has 44 heavy (non-hydrogen) atoms. The molecule has 10 heteroatoms. The van der Waals surface area contributed by atoms with Gasteiger partial charge in [-0.25, -0.2) is 9.37 Å². The maximum Gasteiger partial charge on any atom is 0.181 e. The first-order chi connectivity index (χ1) is 21.5. The summed E-state index contributed by atoms with van der Waals surface area (Å²) in [5, 5.41) is 12.8. The maximum atomic E-state index is 14.7. The number of rotatable bonds is 9. The Labute approximate surface area is 255 Å². The summed E-state index contributed by atoms with van der Waals surface area (Å²) in [6.07, 6.45) is 13.1. The molecule has 1 fully saturated rings. The summed E-state index contributed by atoms with van der Waals surface area (Å²) in [6.45, 7) is 4.77. The third kappa shape index (κ3) is 5.91. The summed E-state index contributed by atoms with van der Waals surface area (Å²) < 4.78 is 14.7. The van der Waals surface area contributed by atoms with Gasteiger partial charge in [0.05, 0.1) is 23.1 Å². The minimum atomic E-state index is -0.296. The highest BCUT2D eigenvalue weighted by Crippen LogP contribution is 2.35. The number of nitrogens with one attached hydrogen (secondary N) is 3. The number of aromatic nitrogens is 6. The molecule has 9 nitrogen and oxygen atoms in total. The van der Waals surface area contributed by atoms with Crippen molar-refractivity contribution in [3.8, 4) is 33.6 Å². The predicted octanol–water partition coefficient (Wildman–Crippen LogP) is 6.33. The van der Waals surface area contributed by atoms with Crippen LogP contribution in [0.15, 0.2) is 67.4 Å². The van der Waals surface area contributed by atoms with Gasteiger partial charge in [-0.2, -0.15) is 5.10 Å². The van der Waals surface area contributed by atoms with Gasteiger partial charge in [-0.3, -0.25) is 20.0 Å². The first-order valence-electron chi connectivity index (χ1n) is 15.2. The standard InChI is InChI=1S/C34H36FN9/c1-43(2)9-6-38-27-12-23(11-26(35)14-27)30-19-37-20-32-28(30)15-31(40-32)33-29-13-25(18-39-34(29)42-41-33)24-10-22(16-36-17-24)21-44-7-4-3-5-8-44/h10-20,38,40H,3-9,21H2,1-2H3,(H,39,41,42). The first-order valence-corrected chi connectivity index (χ1v) is 15.2. The number of anilines is 1. The van der Waals surface area contributed by atoms with E-state index < -0.39 is 0 Å². The van der Waals surface area contributed by atoms with Gasteiger partial charge in [-0.05, 0) is 87.6 Å². The summed E-state index contributed by atoms with van der Waals surface area (Å²) in [7, 11) is 4.03. The Morgan fingerprint density at radius 1 is 0.864 bits per heavy atom. The molecule has 224 valence electrons. The van der Waals surface area contributed by atoms with Gasteiger partial charge in [0.1, 0.15) is 5.82 Å². The summed E-state index contributed by atoms with van der Waals surface area (Å²) >= 11 is 0. The minimum Gasteiger partial charge on any atom is -0.384 e. The molecule has 7 rings (SSSR count). The molecule has 0 atom stereocenters. The van der Waals surface area contributed by atoms with E-state index >= 15 is 0 Å². The zero-order chi connectivity index (χ0) is 30.0. The Hall–Kier alpha value is -4.67. The molecule has 5 aromatic heterocycles. The van der Waals surface area contributed by atoms with Gasteiger partial charge in [0, 0.05) is 77.6 Å². The highest BCUT2D eigenvalue weighted by atomic mass is 19.1. The zero-order valence-electron chi connectivity index (χ0n) is 25.1. The zero-order valence-corrected chi connectivity index (χ0v) is 25.1. The topological polar surface area (TPSA) is 102 Å². The predicted molar refractivity (Wildman–Crippen MR) is 174 cm³/mol. The number of likely N-dealkylation sites (N-methyl/N-ethyl adjacent to an activating group) is 1. The second-order valence-corrected chi connectivity index (χ2v) is 11.9. The van der Waals surface area contributed by atoms with Crippen LogP contribution in [0.5, 0.6) is 0 Å². The molecule has 0 saturated carbocycles. The minimum absolute atomic E-state index is 0.296. The Kier molecular flexibility index (Phi) is 7.76. The van der Waals surface area contributed by atoms with Crippen LogP contribution in [0.3, 0.4) is 0 Å². The van der Waals surface area contributed by atoms with Crippen molar-refractivity contribution in [2.75, 3.05) is 45.6 Å². The van der Waals surface area contributed by atoms with Crippen LogP contribution < -0.4 is 5.32 Å². The quantitative estimate of drug-likeness (QED) is 0.181. The number of likely N-dealkylation sites (tertiary alicyclic amines) is 1. The van der Waals surface area contributed by atoms with Crippen LogP contribution in [0, 0.1) is 5.82 Å². The van der Waals surface area contributed by atoms with Crippen molar-refractivity contribution in [3.05, 3.63) is 78.8 Å². The normalized spacial score (nSPS) is 14.2. The van der Waals surface area contributed by atoms with E-state index in [1.807, 2.05) is 38.8 Å². The molecule has 1 aliphatic heterocycles. The van der Waals surface area contributed by atoms with Crippen molar-refractivity contribution in [1.82, 2.24) is 39.9 Å². The SMILES string of the molecule is CN(C)CCNc1cc(F)cc(-c2cncc3[nH]c(-c4[nH]nc5ncc(-c6cncc(CN7CCCCC7)c6)cc45)cc23)c1. The van der Waals surface area contributed by atoms with Crippen molar-refractivity contribution < 1.29 is 4.39 Å². The lowest BCUT2D eigenvalue weighted by Gasteiger charge is -2.26. The van der Waals surface area contributed by atoms with Crippen LogP contribution in [0.1, 0.15) is 24.8 Å². The lowest BCUT2D eigenvalue weighted by Crippen LogP contribution is -2.29. The van der Waals surface area contributed by atoms with Crippen molar-refractivity contribution in [2.45, 2.75) is 25.8 Å². The summed E-state index contributed by atoms with van der Waals surface area (Å²) in [6, 6.07) is 11.4. The maximum absolute atomic E-state index is 14.7. The van der Waals surface area contributed by atoms with Crippen LogP contribution in [-0.2, 0) is 6.54 Å². The van der Waals surface area contributed by atoms with Crippen molar-refractivity contribution in [3.63, 3.8) is 0 Å². The molecule has 6 aromatic rings. The van der Waals surface area contributed by atoms with Gasteiger partial charge in [-0.1, -0.05) is 6.42 Å². The molecule has 0 radical (unpaired) electrons. The molecule has 3 N–H and O–H groups in total. The molecule has 1 aliphatic rings. The van der Waals surface area contributed by atoms with E-state index in [1.165, 1.54) is 30.9 Å². The van der Waals surface area contributed by atoms with Crippen LogP contribution >= 0.6 is 0 Å². The third-order valence-corrected chi connectivity index (χ3v) is 8.30. The van der Waals surface area contributed by atoms with Crippen molar-refractivity contribution in [2.24, 2.45) is 0 Å². The largest absolute Gasteiger partial charge is 0.384 e. The molecule has 1 aromatic carbocycles. The van der Waals surface area contributed by atoms with Gasteiger partial charge >= 0.3 is 0 Å². The van der Waals surface area contributed by atoms with Crippen molar-refractivity contribution >= 4 is 27.6 Å². The third-order valence-electron chi connectivity index (χ3n) is 8.30. The fourth-order valence-electron chi connectivity index (χ4n) is 6.06. The van der Waals surface area contributed by atoms with Crippen LogP contribution in [0.4, 0.5) is 10.1 Å². The second-order valence-electron chi connectivity index (χ2n) is 11.9. The number of pyridine rings is 3. The van der Waals surface area contributed by atoms with Gasteiger partial charge in [-0.15, -0.1) is 0 Å². The number of halogens is 1. The summed E-state index contributed by atoms with van der Waals surface area (Å²) in [5.74, 6) is -0.296. The van der Waals surface area contributed by atoms with E-state index in [-0.39, 0.29) is 5.82 Å². The first kappa shape index (κ1) is 28.1. The highest BCUT2D eigenvalue weighted by molar-refractivity contribution is 6.00. The lowest BCUT2D eigenvalue weighted by atomic mass is 10.0. The number of hydrogen-bond donors (Lipinski definition) is 3. The van der Waals surface area contributed by atoms with E-state index in [0.717, 1.165) is 81.8 Å². The molecular formula is C34H36FN9. The van der Waals surface area contributed by atoms with E-state index in [2.05, 4.69) is 63.4 Å². The molecule has 0 aliphatic carbocycles. The van der Waals surface area contributed by atoms with Crippen LogP contribution in [0.2, 0.25) is 0 Å². The molecule has 0 amide bonds. The van der Waals surface area contributed by atoms with Crippen LogP contribution in [-0.4, -0.2) is 80.2 Å². The molecule has 1 saturated heterocycles. The van der Waals surface area contributed by atoms with E-state index in [0.29, 0.717) is 12.2 Å². The number of nitrogens with zero attached hydrogens (tertiary/aromatic N) is 6. The average Bonchev–Trinajstić information content (AvgIpc) is 3.65. The number of hydrogen-bond acceptors (Lipinski definition) is 7. The van der Waals surface area contributed by atoms with Crippen LogP contribution in [0.25, 0.3) is 55.6 Å². The Bertz CT molecular complexity index is 1920. The lowest BCUT2D eigenvalue weighted by molar-refractivity contribution is 0.220. The monoisotopic (exact) mass is 589 g/mol. The number of fused-ring (bicyclic) bond motifs is 2. The van der Waals surface area contributed by atoms with E-state index in [9.17, 15) is 4.39 Å². The molecule has 0 bridgehead atoms. The van der Waals surface area contributed by atoms with Gasteiger partial charge in [0.2, 0.25) is 0 Å². The van der Waals surface area contributed by atoms with Gasteiger partial charge in [0.25, 0.3) is 0 Å². The smallest absolute Gasteiger partial charge is 0.181 e. The highest BCUT2D eigenvalue weighted by Gasteiger charge is 2.17. The molecule has 0 unspecified atom stereocenters. The number of benzene rings is 1. The summed E-state index contributed by atoms with van der Waals surface area (Å²) in [5.41, 5.74) is 8.75. The number of H-pyrrole nitrogens is 2. The Morgan fingerprint density at radius 3 is 2.57 bits per heavy atom. The fourth-order valence-corrected chi connectivity index (χ4v) is 6.06. The second kappa shape index (κ2) is 12.1.